The van der Waals surface area contributed by atoms with Crippen LogP contribution in [0.2, 0.25) is 0 Å². The molecule has 4 aromatic rings. The molecule has 38 heavy (non-hydrogen) atoms. The second-order valence-corrected chi connectivity index (χ2v) is 9.15. The van der Waals surface area contributed by atoms with E-state index in [2.05, 4.69) is 0 Å². The standard InChI is InChI=1S/C29H26O9/c1-14(2)36-28-16(6-5-7-22(28)35-4)17-11-25(33)37-24-13-20(32)27-19(31)12-23(38-29(27)26(17)24)15-8-9-21(34-3)18(30)10-15/h5-10,12-14,17,30,32H,11H2,1-4H3/t17-/m1/s1. The topological polar surface area (TPSA) is 125 Å². The fourth-order valence-electron chi connectivity index (χ4n) is 4.74. The van der Waals surface area contributed by atoms with Gasteiger partial charge in [0.1, 0.15) is 28.2 Å². The normalized spacial score (nSPS) is 14.8. The van der Waals surface area contributed by atoms with Gasteiger partial charge in [0.25, 0.3) is 0 Å². The lowest BCUT2D eigenvalue weighted by Crippen LogP contribution is -2.23. The van der Waals surface area contributed by atoms with Crippen LogP contribution in [0.15, 0.2) is 57.7 Å². The van der Waals surface area contributed by atoms with Gasteiger partial charge in [-0.2, -0.15) is 0 Å². The number of phenols is 2. The van der Waals surface area contributed by atoms with Crippen molar-refractivity contribution >= 4 is 16.9 Å². The molecule has 0 amide bonds. The first kappa shape index (κ1) is 25.0. The zero-order valence-corrected chi connectivity index (χ0v) is 21.2. The van der Waals surface area contributed by atoms with Crippen molar-refractivity contribution < 1.29 is 38.4 Å². The van der Waals surface area contributed by atoms with E-state index in [-0.39, 0.29) is 52.3 Å². The fraction of sp³-hybridized carbons (Fsp3) is 0.241. The number of hydrogen-bond acceptors (Lipinski definition) is 9. The molecule has 0 radical (unpaired) electrons. The van der Waals surface area contributed by atoms with E-state index in [9.17, 15) is 19.8 Å². The first-order chi connectivity index (χ1) is 18.2. The molecule has 1 aliphatic rings. The van der Waals surface area contributed by atoms with Crippen molar-refractivity contribution in [1.29, 1.82) is 0 Å². The summed E-state index contributed by atoms with van der Waals surface area (Å²) in [6.07, 6.45) is -0.255. The van der Waals surface area contributed by atoms with Gasteiger partial charge >= 0.3 is 5.97 Å². The van der Waals surface area contributed by atoms with Crippen LogP contribution in [0.4, 0.5) is 0 Å². The van der Waals surface area contributed by atoms with Gasteiger partial charge in [0, 0.05) is 34.7 Å². The van der Waals surface area contributed by atoms with Crippen LogP contribution in [0.25, 0.3) is 22.3 Å². The van der Waals surface area contributed by atoms with Crippen molar-refractivity contribution in [3.63, 3.8) is 0 Å². The third kappa shape index (κ3) is 4.26. The SMILES string of the molecule is COc1ccc(-c2cc(=O)c3c(O)cc4c(c3o2)[C@@H](c2cccc(OC)c2OC(C)C)CC(=O)O4)cc1O. The Morgan fingerprint density at radius 1 is 0.947 bits per heavy atom. The van der Waals surface area contributed by atoms with Crippen molar-refractivity contribution in [3.05, 3.63) is 69.9 Å². The van der Waals surface area contributed by atoms with Crippen LogP contribution >= 0.6 is 0 Å². The van der Waals surface area contributed by atoms with Gasteiger partial charge in [0.05, 0.1) is 26.7 Å². The van der Waals surface area contributed by atoms with Crippen LogP contribution < -0.4 is 24.4 Å². The van der Waals surface area contributed by atoms with Gasteiger partial charge in [-0.3, -0.25) is 9.59 Å². The predicted molar refractivity (Wildman–Crippen MR) is 139 cm³/mol. The summed E-state index contributed by atoms with van der Waals surface area (Å²) in [6, 6.07) is 12.4. The highest BCUT2D eigenvalue weighted by Crippen LogP contribution is 2.49. The second kappa shape index (κ2) is 9.66. The lowest BCUT2D eigenvalue weighted by Gasteiger charge is -2.28. The molecule has 0 aliphatic carbocycles. The Hall–Kier alpha value is -4.66. The van der Waals surface area contributed by atoms with Crippen molar-refractivity contribution in [3.8, 4) is 45.8 Å². The van der Waals surface area contributed by atoms with Gasteiger partial charge in [-0.05, 0) is 38.1 Å². The molecule has 5 rings (SSSR count). The molecule has 1 atom stereocenters. The fourth-order valence-corrected chi connectivity index (χ4v) is 4.74. The summed E-state index contributed by atoms with van der Waals surface area (Å²) < 4.78 is 28.5. The van der Waals surface area contributed by atoms with Crippen LogP contribution in [0.1, 0.15) is 37.3 Å². The Labute approximate surface area is 217 Å². The summed E-state index contributed by atoms with van der Waals surface area (Å²) in [4.78, 5) is 25.9. The maximum Gasteiger partial charge on any atom is 0.312 e. The van der Waals surface area contributed by atoms with Crippen molar-refractivity contribution in [2.75, 3.05) is 14.2 Å². The molecule has 0 saturated heterocycles. The molecule has 1 aromatic heterocycles. The number of aromatic hydroxyl groups is 2. The Morgan fingerprint density at radius 3 is 2.39 bits per heavy atom. The number of rotatable bonds is 6. The molecule has 0 unspecified atom stereocenters. The van der Waals surface area contributed by atoms with Crippen molar-refractivity contribution in [2.24, 2.45) is 0 Å². The summed E-state index contributed by atoms with van der Waals surface area (Å²) in [5.41, 5.74) is 1.02. The van der Waals surface area contributed by atoms with E-state index in [1.54, 1.807) is 24.3 Å². The number of benzene rings is 3. The molecule has 2 heterocycles. The quantitative estimate of drug-likeness (QED) is 0.264. The Balaban J connectivity index is 1.80. The molecule has 9 heteroatoms. The van der Waals surface area contributed by atoms with Crippen LogP contribution in [0, 0.1) is 0 Å². The van der Waals surface area contributed by atoms with Crippen LogP contribution in [-0.2, 0) is 4.79 Å². The molecule has 0 fully saturated rings. The number of methoxy groups -OCH3 is 2. The lowest BCUT2D eigenvalue weighted by molar-refractivity contribution is -0.135. The molecular formula is C29H26O9. The first-order valence-corrected chi connectivity index (χ1v) is 12.0. The molecular weight excluding hydrogens is 492 g/mol. The molecule has 1 aliphatic heterocycles. The van der Waals surface area contributed by atoms with Gasteiger partial charge in [-0.25, -0.2) is 0 Å². The summed E-state index contributed by atoms with van der Waals surface area (Å²) >= 11 is 0. The number of carbonyl (C=O) groups is 1. The molecule has 0 spiro atoms. The largest absolute Gasteiger partial charge is 0.507 e. The highest BCUT2D eigenvalue weighted by Gasteiger charge is 2.36. The summed E-state index contributed by atoms with van der Waals surface area (Å²) in [6.45, 7) is 3.75. The highest BCUT2D eigenvalue weighted by molar-refractivity contribution is 5.93. The van der Waals surface area contributed by atoms with E-state index in [4.69, 9.17) is 23.4 Å². The zero-order valence-electron chi connectivity index (χ0n) is 21.2. The molecule has 9 nitrogen and oxygen atoms in total. The highest BCUT2D eigenvalue weighted by atomic mass is 16.5. The molecule has 3 aromatic carbocycles. The molecule has 0 bridgehead atoms. The average Bonchev–Trinajstić information content (AvgIpc) is 2.87. The molecule has 0 saturated carbocycles. The Kier molecular flexibility index (Phi) is 6.36. The van der Waals surface area contributed by atoms with E-state index in [1.165, 1.54) is 32.4 Å². The molecule has 2 N–H and O–H groups in total. The summed E-state index contributed by atoms with van der Waals surface area (Å²) in [5.74, 6) is -0.251. The van der Waals surface area contributed by atoms with Crippen molar-refractivity contribution in [2.45, 2.75) is 32.3 Å². The number of ether oxygens (including phenoxy) is 4. The van der Waals surface area contributed by atoms with Gasteiger partial charge in [0.2, 0.25) is 0 Å². The monoisotopic (exact) mass is 518 g/mol. The number of phenolic OH excluding ortho intramolecular Hbond substituents is 2. The third-order valence-corrected chi connectivity index (χ3v) is 6.35. The van der Waals surface area contributed by atoms with E-state index in [1.807, 2.05) is 19.9 Å². The zero-order chi connectivity index (χ0) is 27.1. The maximum absolute atomic E-state index is 13.2. The minimum Gasteiger partial charge on any atom is -0.507 e. The first-order valence-electron chi connectivity index (χ1n) is 12.0. The van der Waals surface area contributed by atoms with Gasteiger partial charge in [0.15, 0.2) is 28.4 Å². The molecule has 196 valence electrons. The smallest absolute Gasteiger partial charge is 0.312 e. The lowest BCUT2D eigenvalue weighted by atomic mass is 9.84. The minimum atomic E-state index is -0.638. The minimum absolute atomic E-state index is 0.0533. The van der Waals surface area contributed by atoms with Gasteiger partial charge in [-0.15, -0.1) is 0 Å². The van der Waals surface area contributed by atoms with E-state index in [0.717, 1.165) is 0 Å². The summed E-state index contributed by atoms with van der Waals surface area (Å²) in [7, 11) is 2.95. The van der Waals surface area contributed by atoms with E-state index >= 15 is 0 Å². The number of para-hydroxylation sites is 1. The number of esters is 1. The predicted octanol–water partition coefficient (Wildman–Crippen LogP) is 5.12. The number of carbonyl (C=O) groups excluding carboxylic acids is 1. The van der Waals surface area contributed by atoms with Crippen LogP contribution in [0.3, 0.4) is 0 Å². The van der Waals surface area contributed by atoms with E-state index in [0.29, 0.717) is 28.2 Å². The van der Waals surface area contributed by atoms with Gasteiger partial charge in [-0.1, -0.05) is 12.1 Å². The summed E-state index contributed by atoms with van der Waals surface area (Å²) in [5, 5.41) is 20.9. The van der Waals surface area contributed by atoms with E-state index < -0.39 is 17.3 Å². The number of fused-ring (bicyclic) bond motifs is 3. The third-order valence-electron chi connectivity index (χ3n) is 6.35. The maximum atomic E-state index is 13.2. The van der Waals surface area contributed by atoms with Gasteiger partial charge < -0.3 is 33.6 Å². The van der Waals surface area contributed by atoms with Crippen LogP contribution in [0.5, 0.6) is 34.5 Å². The van der Waals surface area contributed by atoms with Crippen LogP contribution in [-0.4, -0.2) is 36.5 Å². The Morgan fingerprint density at radius 2 is 1.71 bits per heavy atom. The second-order valence-electron chi connectivity index (χ2n) is 9.15. The Bertz CT molecular complexity index is 1620. The number of hydrogen-bond donors (Lipinski definition) is 2. The average molecular weight is 519 g/mol. The van der Waals surface area contributed by atoms with Crippen molar-refractivity contribution in [1.82, 2.24) is 0 Å².